The Kier molecular flexibility index (Phi) is 6.15. The molecule has 0 fully saturated rings. The van der Waals surface area contributed by atoms with Crippen molar-refractivity contribution in [2.24, 2.45) is 0 Å². The van der Waals surface area contributed by atoms with E-state index in [0.717, 1.165) is 40.6 Å². The van der Waals surface area contributed by atoms with Crippen LogP contribution in [0.5, 0.6) is 0 Å². The normalized spacial score (nSPS) is 11.2. The Morgan fingerprint density at radius 2 is 2.00 bits per heavy atom. The first-order valence-electron chi connectivity index (χ1n) is 8.40. The zero-order valence-corrected chi connectivity index (χ0v) is 16.7. The molecule has 2 heterocycles. The Balaban J connectivity index is 2.05. The van der Waals surface area contributed by atoms with Gasteiger partial charge in [0, 0.05) is 28.9 Å². The molecule has 0 bridgehead atoms. The fraction of sp³-hybridized carbons (Fsp3) is 0.316. The molecule has 2 aromatic heterocycles. The van der Waals surface area contributed by atoms with Gasteiger partial charge in [-0.05, 0) is 36.9 Å². The summed E-state index contributed by atoms with van der Waals surface area (Å²) in [5.74, 6) is 1.05. The molecule has 1 aromatic carbocycles. The monoisotopic (exact) mass is 393 g/mol. The number of unbranched alkanes of at least 4 members (excludes halogenated alkanes) is 2. The number of nitrogens with one attached hydrogen (secondary N) is 1. The van der Waals surface area contributed by atoms with E-state index in [1.165, 1.54) is 12.8 Å². The lowest BCUT2D eigenvalue weighted by Gasteiger charge is -2.09. The molecule has 0 saturated heterocycles. The number of halogens is 2. The molecule has 3 aromatic rings. The largest absolute Gasteiger partial charge is 0.369 e. The fourth-order valence-electron chi connectivity index (χ4n) is 2.85. The quantitative estimate of drug-likeness (QED) is 0.360. The van der Waals surface area contributed by atoms with E-state index >= 15 is 0 Å². The highest BCUT2D eigenvalue weighted by Gasteiger charge is 2.16. The maximum Gasteiger partial charge on any atom is 0.147 e. The molecule has 0 saturated carbocycles. The van der Waals surface area contributed by atoms with Crippen LogP contribution in [0.4, 0.5) is 5.82 Å². The first kappa shape index (κ1) is 18.4. The molecule has 3 rings (SSSR count). The zero-order chi connectivity index (χ0) is 17.8. The van der Waals surface area contributed by atoms with Crippen LogP contribution in [0, 0.1) is 0 Å². The Hall–Kier alpha value is -1.36. The Morgan fingerprint density at radius 3 is 2.72 bits per heavy atom. The second-order valence-electron chi connectivity index (χ2n) is 5.84. The van der Waals surface area contributed by atoms with Crippen molar-refractivity contribution < 1.29 is 0 Å². The molecule has 3 nitrogen and oxygen atoms in total. The van der Waals surface area contributed by atoms with E-state index in [-0.39, 0.29) is 0 Å². The van der Waals surface area contributed by atoms with Gasteiger partial charge >= 0.3 is 0 Å². The summed E-state index contributed by atoms with van der Waals surface area (Å²) in [6, 6.07) is 9.64. The highest BCUT2D eigenvalue weighted by atomic mass is 35.5. The molecule has 1 N–H and O–H groups in total. The van der Waals surface area contributed by atoms with Gasteiger partial charge in [0.05, 0.1) is 5.02 Å². The number of hydrogen-bond donors (Lipinski definition) is 1. The lowest BCUT2D eigenvalue weighted by Crippen LogP contribution is -2.04. The van der Waals surface area contributed by atoms with Gasteiger partial charge in [-0.15, -0.1) is 11.8 Å². The summed E-state index contributed by atoms with van der Waals surface area (Å²) in [5, 5.41) is 5.81. The van der Waals surface area contributed by atoms with Gasteiger partial charge in [-0.25, -0.2) is 4.98 Å². The van der Waals surface area contributed by atoms with Crippen LogP contribution in [-0.4, -0.2) is 22.2 Å². The van der Waals surface area contributed by atoms with Gasteiger partial charge in [0.2, 0.25) is 0 Å². The van der Waals surface area contributed by atoms with E-state index in [1.807, 2.05) is 36.7 Å². The third kappa shape index (κ3) is 3.91. The zero-order valence-electron chi connectivity index (χ0n) is 14.4. The van der Waals surface area contributed by atoms with Crippen LogP contribution in [0.15, 0.2) is 41.6 Å². The third-order valence-electron chi connectivity index (χ3n) is 4.11. The summed E-state index contributed by atoms with van der Waals surface area (Å²) in [4.78, 5) is 4.84. The van der Waals surface area contributed by atoms with Gasteiger partial charge in [0.15, 0.2) is 0 Å². The molecule has 0 amide bonds. The van der Waals surface area contributed by atoms with Crippen molar-refractivity contribution in [3.8, 4) is 11.1 Å². The molecule has 0 aliphatic heterocycles. The van der Waals surface area contributed by atoms with Gasteiger partial charge in [-0.3, -0.25) is 4.40 Å². The SMILES string of the molecule is CCCCCNc1c(SC)nc2c(-c3ccc(Cl)cc3Cl)cccn12. The number of anilines is 1. The summed E-state index contributed by atoms with van der Waals surface area (Å²) in [6.07, 6.45) is 7.68. The standard InChI is InChI=1S/C19H21Cl2N3S/c1-3-4-5-10-22-18-19(25-2)23-17-15(7-6-11-24(17)18)14-9-8-13(20)12-16(14)21/h6-9,11-12,22H,3-5,10H2,1-2H3. The van der Waals surface area contributed by atoms with Crippen molar-refractivity contribution in [1.82, 2.24) is 9.38 Å². The smallest absolute Gasteiger partial charge is 0.147 e. The summed E-state index contributed by atoms with van der Waals surface area (Å²) in [5.41, 5.74) is 2.84. The molecule has 132 valence electrons. The van der Waals surface area contributed by atoms with E-state index in [1.54, 1.807) is 17.8 Å². The molecule has 0 spiro atoms. The van der Waals surface area contributed by atoms with Crippen molar-refractivity contribution >= 4 is 46.4 Å². The number of hydrogen-bond acceptors (Lipinski definition) is 3. The molecule has 6 heteroatoms. The number of thioether (sulfide) groups is 1. The molecule has 25 heavy (non-hydrogen) atoms. The Morgan fingerprint density at radius 1 is 1.16 bits per heavy atom. The number of benzene rings is 1. The predicted octanol–water partition coefficient (Wildman–Crippen LogP) is 6.63. The molecular weight excluding hydrogens is 373 g/mol. The number of nitrogens with zero attached hydrogens (tertiary/aromatic N) is 2. The minimum atomic E-state index is 0.631. The van der Waals surface area contributed by atoms with E-state index in [0.29, 0.717) is 10.0 Å². The molecule has 0 atom stereocenters. The topological polar surface area (TPSA) is 29.3 Å². The van der Waals surface area contributed by atoms with Crippen LogP contribution in [-0.2, 0) is 0 Å². The summed E-state index contributed by atoms with van der Waals surface area (Å²) in [7, 11) is 0. The predicted molar refractivity (Wildman–Crippen MR) is 110 cm³/mol. The van der Waals surface area contributed by atoms with Crippen molar-refractivity contribution in [3.05, 3.63) is 46.6 Å². The van der Waals surface area contributed by atoms with E-state index in [9.17, 15) is 0 Å². The number of imidazole rings is 1. The van der Waals surface area contributed by atoms with Crippen LogP contribution < -0.4 is 5.32 Å². The molecular formula is C19H21Cl2N3S. The van der Waals surface area contributed by atoms with Crippen molar-refractivity contribution in [3.63, 3.8) is 0 Å². The number of fused-ring (bicyclic) bond motifs is 1. The average Bonchev–Trinajstić information content (AvgIpc) is 2.97. The van der Waals surface area contributed by atoms with Crippen LogP contribution >= 0.6 is 35.0 Å². The third-order valence-corrected chi connectivity index (χ3v) is 5.32. The number of rotatable bonds is 7. The summed E-state index contributed by atoms with van der Waals surface area (Å²) >= 11 is 14.1. The van der Waals surface area contributed by atoms with Crippen molar-refractivity contribution in [2.45, 2.75) is 31.2 Å². The fourth-order valence-corrected chi connectivity index (χ4v) is 3.90. The summed E-state index contributed by atoms with van der Waals surface area (Å²) < 4.78 is 2.11. The van der Waals surface area contributed by atoms with Gasteiger partial charge in [-0.1, -0.05) is 49.0 Å². The molecule has 0 radical (unpaired) electrons. The highest BCUT2D eigenvalue weighted by Crippen LogP contribution is 2.35. The maximum atomic E-state index is 6.42. The first-order chi connectivity index (χ1) is 12.2. The lowest BCUT2D eigenvalue weighted by molar-refractivity contribution is 0.741. The van der Waals surface area contributed by atoms with Crippen LogP contribution in [0.3, 0.4) is 0 Å². The Bertz CT molecular complexity index is 876. The van der Waals surface area contributed by atoms with Crippen molar-refractivity contribution in [1.29, 1.82) is 0 Å². The Labute approximate surface area is 162 Å². The van der Waals surface area contributed by atoms with Gasteiger partial charge in [0.25, 0.3) is 0 Å². The van der Waals surface area contributed by atoms with E-state index in [4.69, 9.17) is 28.2 Å². The average molecular weight is 394 g/mol. The molecule has 0 aliphatic rings. The highest BCUT2D eigenvalue weighted by molar-refractivity contribution is 7.98. The van der Waals surface area contributed by atoms with Gasteiger partial charge in [-0.2, -0.15) is 0 Å². The van der Waals surface area contributed by atoms with Crippen molar-refractivity contribution in [2.75, 3.05) is 18.1 Å². The second-order valence-corrected chi connectivity index (χ2v) is 7.48. The first-order valence-corrected chi connectivity index (χ1v) is 10.4. The minimum Gasteiger partial charge on any atom is -0.369 e. The van der Waals surface area contributed by atoms with Gasteiger partial charge < -0.3 is 5.32 Å². The van der Waals surface area contributed by atoms with Crippen LogP contribution in [0.2, 0.25) is 10.0 Å². The van der Waals surface area contributed by atoms with E-state index < -0.39 is 0 Å². The molecule has 0 unspecified atom stereocenters. The summed E-state index contributed by atoms with van der Waals surface area (Å²) in [6.45, 7) is 3.16. The van der Waals surface area contributed by atoms with Gasteiger partial charge in [0.1, 0.15) is 16.5 Å². The second kappa shape index (κ2) is 8.35. The lowest BCUT2D eigenvalue weighted by atomic mass is 10.1. The van der Waals surface area contributed by atoms with Crippen LogP contribution in [0.1, 0.15) is 26.2 Å². The number of pyridine rings is 1. The van der Waals surface area contributed by atoms with Crippen LogP contribution in [0.25, 0.3) is 16.8 Å². The van der Waals surface area contributed by atoms with E-state index in [2.05, 4.69) is 16.6 Å². The molecule has 0 aliphatic carbocycles. The minimum absolute atomic E-state index is 0.631. The number of aromatic nitrogens is 2. The maximum absolute atomic E-state index is 6.42.